The summed E-state index contributed by atoms with van der Waals surface area (Å²) in [5.74, 6) is -0.512. The maximum absolute atomic E-state index is 11.8. The van der Waals surface area contributed by atoms with Crippen LogP contribution in [-0.2, 0) is 22.6 Å². The van der Waals surface area contributed by atoms with E-state index >= 15 is 0 Å². The van der Waals surface area contributed by atoms with Gasteiger partial charge in [0.25, 0.3) is 0 Å². The van der Waals surface area contributed by atoms with Gasteiger partial charge in [-0.25, -0.2) is 4.90 Å². The van der Waals surface area contributed by atoms with Crippen LogP contribution in [0.2, 0.25) is 0 Å². The molecule has 1 heterocycles. The Hall–Kier alpha value is -1.72. The third kappa shape index (κ3) is 2.27. The minimum atomic E-state index is -0.345. The summed E-state index contributed by atoms with van der Waals surface area (Å²) >= 11 is 0. The number of benzene rings is 1. The number of carbonyl (C=O) groups is 2. The number of imide groups is 1. The molecule has 0 saturated carbocycles. The van der Waals surface area contributed by atoms with Gasteiger partial charge in [-0.05, 0) is 30.7 Å². The topological polar surface area (TPSA) is 75.4 Å². The average Bonchev–Trinajstić information content (AvgIpc) is 2.38. The van der Waals surface area contributed by atoms with Crippen LogP contribution in [0.4, 0.5) is 5.69 Å². The molecular weight excluding hydrogens is 230 g/mol. The van der Waals surface area contributed by atoms with Gasteiger partial charge in [0, 0.05) is 13.0 Å². The lowest BCUT2D eigenvalue weighted by Gasteiger charge is -2.27. The fraction of sp³-hybridized carbons (Fsp3) is 0.385. The number of fused-ring (bicyclic) bond motifs is 1. The molecule has 0 aliphatic carbocycles. The monoisotopic (exact) mass is 247 g/mol. The normalized spacial score (nSPS) is 14.6. The number of carbonyl (C=O) groups excluding carboxylic acids is 2. The molecule has 5 heteroatoms. The molecule has 1 aliphatic heterocycles. The summed E-state index contributed by atoms with van der Waals surface area (Å²) in [6.07, 6.45) is 1.04. The van der Waals surface area contributed by atoms with Crippen LogP contribution in [0.1, 0.15) is 17.5 Å². The Kier molecular flexibility index (Phi) is 3.74. The molecule has 1 aromatic rings. The number of nitrogens with zero attached hydrogens (tertiary/aromatic N) is 1. The standard InChI is InChI=1S/C13H17N3O2/c1-15-8-9-2-4-11-10(6-9)3-5-12(17)16(11)13(18)7-14/h2,4,6,15H,3,5,7-8,14H2,1H3. The van der Waals surface area contributed by atoms with Crippen molar-refractivity contribution in [3.63, 3.8) is 0 Å². The first kappa shape index (κ1) is 12.7. The zero-order valence-electron chi connectivity index (χ0n) is 10.4. The lowest BCUT2D eigenvalue weighted by Crippen LogP contribution is -2.43. The fourth-order valence-corrected chi connectivity index (χ4v) is 2.22. The maximum Gasteiger partial charge on any atom is 0.247 e. The molecule has 0 fully saturated rings. The van der Waals surface area contributed by atoms with Crippen molar-refractivity contribution in [1.29, 1.82) is 0 Å². The van der Waals surface area contributed by atoms with Gasteiger partial charge in [-0.3, -0.25) is 9.59 Å². The fourth-order valence-electron chi connectivity index (χ4n) is 2.22. The molecule has 0 radical (unpaired) electrons. The summed E-state index contributed by atoms with van der Waals surface area (Å²) in [5, 5.41) is 3.08. The van der Waals surface area contributed by atoms with Crippen LogP contribution in [0.25, 0.3) is 0 Å². The number of amides is 2. The Labute approximate surface area is 106 Å². The Bertz CT molecular complexity index is 485. The van der Waals surface area contributed by atoms with E-state index in [1.165, 1.54) is 4.90 Å². The second kappa shape index (κ2) is 5.29. The lowest BCUT2D eigenvalue weighted by molar-refractivity contribution is -0.126. The summed E-state index contributed by atoms with van der Waals surface area (Å²) < 4.78 is 0. The second-order valence-electron chi connectivity index (χ2n) is 4.32. The van der Waals surface area contributed by atoms with Crippen molar-refractivity contribution < 1.29 is 9.59 Å². The van der Waals surface area contributed by atoms with E-state index in [1.54, 1.807) is 0 Å². The lowest BCUT2D eigenvalue weighted by atomic mass is 9.98. The first-order valence-electron chi connectivity index (χ1n) is 5.99. The molecule has 96 valence electrons. The highest BCUT2D eigenvalue weighted by Gasteiger charge is 2.28. The summed E-state index contributed by atoms with van der Waals surface area (Å²) in [7, 11) is 1.88. The molecule has 0 saturated heterocycles. The molecule has 2 amide bonds. The zero-order chi connectivity index (χ0) is 13.1. The van der Waals surface area contributed by atoms with E-state index < -0.39 is 0 Å². The van der Waals surface area contributed by atoms with Crippen LogP contribution in [0.5, 0.6) is 0 Å². The molecule has 1 aromatic carbocycles. The van der Waals surface area contributed by atoms with E-state index in [-0.39, 0.29) is 18.4 Å². The van der Waals surface area contributed by atoms with E-state index in [0.29, 0.717) is 18.5 Å². The van der Waals surface area contributed by atoms with E-state index in [0.717, 1.165) is 17.7 Å². The van der Waals surface area contributed by atoms with Crippen molar-refractivity contribution in [3.8, 4) is 0 Å². The molecule has 2 rings (SSSR count). The van der Waals surface area contributed by atoms with Gasteiger partial charge in [-0.1, -0.05) is 12.1 Å². The number of hydrogen-bond acceptors (Lipinski definition) is 4. The number of rotatable bonds is 3. The van der Waals surface area contributed by atoms with Gasteiger partial charge in [0.1, 0.15) is 0 Å². The minimum absolute atomic E-state index is 0.149. The molecule has 0 atom stereocenters. The molecule has 18 heavy (non-hydrogen) atoms. The van der Waals surface area contributed by atoms with E-state index in [4.69, 9.17) is 5.73 Å². The molecule has 5 nitrogen and oxygen atoms in total. The second-order valence-corrected chi connectivity index (χ2v) is 4.32. The van der Waals surface area contributed by atoms with Gasteiger partial charge in [-0.2, -0.15) is 0 Å². The van der Waals surface area contributed by atoms with Crippen LogP contribution in [0, 0.1) is 0 Å². The first-order valence-corrected chi connectivity index (χ1v) is 5.99. The van der Waals surface area contributed by atoms with Crippen molar-refractivity contribution in [1.82, 2.24) is 5.32 Å². The Morgan fingerprint density at radius 2 is 2.22 bits per heavy atom. The Morgan fingerprint density at radius 3 is 2.89 bits per heavy atom. The molecule has 1 aliphatic rings. The SMILES string of the molecule is CNCc1ccc2c(c1)CCC(=O)N2C(=O)CN. The van der Waals surface area contributed by atoms with Crippen LogP contribution >= 0.6 is 0 Å². The first-order chi connectivity index (χ1) is 8.67. The van der Waals surface area contributed by atoms with Crippen LogP contribution in [-0.4, -0.2) is 25.4 Å². The van der Waals surface area contributed by atoms with E-state index in [2.05, 4.69) is 5.32 Å². The predicted octanol–water partition coefficient (Wildman–Crippen LogP) is 0.171. The van der Waals surface area contributed by atoms with Crippen LogP contribution < -0.4 is 16.0 Å². The van der Waals surface area contributed by atoms with E-state index in [9.17, 15) is 9.59 Å². The van der Waals surface area contributed by atoms with Crippen molar-refractivity contribution in [3.05, 3.63) is 29.3 Å². The maximum atomic E-state index is 11.8. The van der Waals surface area contributed by atoms with Crippen molar-refractivity contribution in [2.45, 2.75) is 19.4 Å². The summed E-state index contributed by atoms with van der Waals surface area (Å²) in [5.41, 5.74) is 8.20. The average molecular weight is 247 g/mol. The molecule has 0 spiro atoms. The number of aryl methyl sites for hydroxylation is 1. The largest absolute Gasteiger partial charge is 0.322 e. The van der Waals surface area contributed by atoms with Crippen LogP contribution in [0.3, 0.4) is 0 Å². The highest BCUT2D eigenvalue weighted by molar-refractivity contribution is 6.16. The van der Waals surface area contributed by atoms with Gasteiger partial charge in [0.05, 0.1) is 12.2 Å². The molecule has 0 unspecified atom stereocenters. The molecular formula is C13H17N3O2. The summed E-state index contributed by atoms with van der Waals surface area (Å²) in [6, 6.07) is 5.78. The van der Waals surface area contributed by atoms with Gasteiger partial charge < -0.3 is 11.1 Å². The van der Waals surface area contributed by atoms with Gasteiger partial charge >= 0.3 is 0 Å². The zero-order valence-corrected chi connectivity index (χ0v) is 10.4. The highest BCUT2D eigenvalue weighted by atomic mass is 16.2. The minimum Gasteiger partial charge on any atom is -0.322 e. The number of nitrogens with two attached hydrogens (primary N) is 1. The van der Waals surface area contributed by atoms with E-state index in [1.807, 2.05) is 25.2 Å². The third-order valence-corrected chi connectivity index (χ3v) is 3.05. The third-order valence-electron chi connectivity index (χ3n) is 3.05. The highest BCUT2D eigenvalue weighted by Crippen LogP contribution is 2.28. The molecule has 0 bridgehead atoms. The molecule has 0 aromatic heterocycles. The summed E-state index contributed by atoms with van der Waals surface area (Å²) in [4.78, 5) is 24.7. The van der Waals surface area contributed by atoms with Crippen LogP contribution in [0.15, 0.2) is 18.2 Å². The number of hydrogen-bond donors (Lipinski definition) is 2. The van der Waals surface area contributed by atoms with Gasteiger partial charge in [0.2, 0.25) is 11.8 Å². The summed E-state index contributed by atoms with van der Waals surface area (Å²) in [6.45, 7) is 0.621. The van der Waals surface area contributed by atoms with Gasteiger partial charge in [0.15, 0.2) is 0 Å². The number of nitrogens with one attached hydrogen (secondary N) is 1. The Morgan fingerprint density at radius 1 is 1.44 bits per heavy atom. The number of anilines is 1. The Balaban J connectivity index is 2.38. The van der Waals surface area contributed by atoms with Gasteiger partial charge in [-0.15, -0.1) is 0 Å². The smallest absolute Gasteiger partial charge is 0.247 e. The van der Waals surface area contributed by atoms with Crippen molar-refractivity contribution >= 4 is 17.5 Å². The molecule has 3 N–H and O–H groups in total. The predicted molar refractivity (Wildman–Crippen MR) is 69.1 cm³/mol. The van der Waals surface area contributed by atoms with Crippen molar-refractivity contribution in [2.75, 3.05) is 18.5 Å². The quantitative estimate of drug-likeness (QED) is 0.798. The van der Waals surface area contributed by atoms with Crippen molar-refractivity contribution in [2.24, 2.45) is 5.73 Å².